The first kappa shape index (κ1) is 10.8. The number of ketones is 1. The minimum absolute atomic E-state index is 0.120. The minimum Gasteiger partial charge on any atom is -0.431 e. The summed E-state index contributed by atoms with van der Waals surface area (Å²) in [5.41, 5.74) is 1.69. The summed E-state index contributed by atoms with van der Waals surface area (Å²) >= 11 is 1.59. The number of nitrogens with zero attached hydrogens (tertiary/aromatic N) is 1. The van der Waals surface area contributed by atoms with E-state index in [0.717, 1.165) is 17.5 Å². The fraction of sp³-hybridized carbons (Fsp3) is 0.385. The average Bonchev–Trinajstić information content (AvgIpc) is 2.87. The minimum atomic E-state index is 0.120. The Kier molecular flexibility index (Phi) is 2.67. The van der Waals surface area contributed by atoms with E-state index in [0.29, 0.717) is 22.7 Å². The number of thioether (sulfide) groups is 1. The molecule has 4 heteroatoms. The molecule has 1 saturated carbocycles. The maximum Gasteiger partial charge on any atom is 0.257 e. The Morgan fingerprint density at radius 1 is 1.41 bits per heavy atom. The first-order valence-corrected chi connectivity index (χ1v) is 6.67. The molecule has 2 aromatic rings. The van der Waals surface area contributed by atoms with E-state index in [1.165, 1.54) is 0 Å². The van der Waals surface area contributed by atoms with Crippen LogP contribution in [-0.4, -0.2) is 16.0 Å². The number of fused-ring (bicyclic) bond motifs is 1. The van der Waals surface area contributed by atoms with Crippen LogP contribution in [0.5, 0.6) is 0 Å². The first-order valence-electron chi connectivity index (χ1n) is 5.79. The molecule has 0 aliphatic heterocycles. The second kappa shape index (κ2) is 4.18. The third kappa shape index (κ3) is 1.97. The van der Waals surface area contributed by atoms with Crippen LogP contribution in [0, 0.1) is 5.92 Å². The summed E-state index contributed by atoms with van der Waals surface area (Å²) < 4.78 is 5.65. The topological polar surface area (TPSA) is 43.1 Å². The quantitative estimate of drug-likeness (QED) is 0.816. The zero-order valence-corrected chi connectivity index (χ0v) is 10.4. The molecule has 3 rings (SSSR count). The zero-order chi connectivity index (χ0) is 11.8. The fourth-order valence-corrected chi connectivity index (χ4v) is 3.30. The van der Waals surface area contributed by atoms with Gasteiger partial charge in [-0.25, -0.2) is 4.98 Å². The van der Waals surface area contributed by atoms with Crippen molar-refractivity contribution in [2.45, 2.75) is 30.2 Å². The van der Waals surface area contributed by atoms with Gasteiger partial charge in [-0.05, 0) is 18.6 Å². The summed E-state index contributed by atoms with van der Waals surface area (Å²) in [6.45, 7) is 2.00. The van der Waals surface area contributed by atoms with Crippen molar-refractivity contribution in [3.63, 3.8) is 0 Å². The second-order valence-electron chi connectivity index (χ2n) is 4.40. The van der Waals surface area contributed by atoms with Gasteiger partial charge in [0.1, 0.15) is 11.3 Å². The molecule has 1 heterocycles. The number of rotatable bonds is 2. The number of oxazole rings is 1. The lowest BCUT2D eigenvalue weighted by molar-refractivity contribution is -0.120. The molecule has 2 unspecified atom stereocenters. The summed E-state index contributed by atoms with van der Waals surface area (Å²) in [6.07, 6.45) is 1.63. The number of para-hydroxylation sites is 2. The van der Waals surface area contributed by atoms with Crippen LogP contribution in [-0.2, 0) is 4.79 Å². The van der Waals surface area contributed by atoms with Gasteiger partial charge in [0.15, 0.2) is 5.58 Å². The molecule has 1 fully saturated rings. The molecule has 17 heavy (non-hydrogen) atoms. The van der Waals surface area contributed by atoms with E-state index in [1.54, 1.807) is 11.8 Å². The molecule has 0 saturated heterocycles. The summed E-state index contributed by atoms with van der Waals surface area (Å²) in [7, 11) is 0. The molecule has 88 valence electrons. The lowest BCUT2D eigenvalue weighted by Crippen LogP contribution is -2.11. The van der Waals surface area contributed by atoms with Crippen molar-refractivity contribution >= 4 is 28.6 Å². The Hall–Kier alpha value is -1.29. The molecule has 2 atom stereocenters. The molecular formula is C13H13NO2S. The van der Waals surface area contributed by atoms with E-state index >= 15 is 0 Å². The molecule has 0 bridgehead atoms. The Balaban J connectivity index is 1.83. The molecule has 1 aromatic carbocycles. The van der Waals surface area contributed by atoms with Crippen LogP contribution in [0.15, 0.2) is 33.9 Å². The maximum absolute atomic E-state index is 11.5. The summed E-state index contributed by atoms with van der Waals surface area (Å²) in [5.74, 6) is 0.480. The molecule has 1 aromatic heterocycles. The smallest absolute Gasteiger partial charge is 0.257 e. The third-order valence-electron chi connectivity index (χ3n) is 3.27. The van der Waals surface area contributed by atoms with Gasteiger partial charge >= 0.3 is 0 Å². The van der Waals surface area contributed by atoms with Crippen LogP contribution in [0.4, 0.5) is 0 Å². The van der Waals surface area contributed by atoms with Crippen LogP contribution >= 0.6 is 11.8 Å². The predicted octanol–water partition coefficient (Wildman–Crippen LogP) is 3.29. The Morgan fingerprint density at radius 3 is 2.94 bits per heavy atom. The van der Waals surface area contributed by atoms with E-state index < -0.39 is 0 Å². The van der Waals surface area contributed by atoms with E-state index in [4.69, 9.17) is 4.42 Å². The molecule has 0 radical (unpaired) electrons. The molecule has 1 aliphatic rings. The van der Waals surface area contributed by atoms with Crippen LogP contribution in [0.2, 0.25) is 0 Å². The molecule has 0 spiro atoms. The van der Waals surface area contributed by atoms with Crippen molar-refractivity contribution in [1.82, 2.24) is 4.98 Å². The zero-order valence-electron chi connectivity index (χ0n) is 9.55. The van der Waals surface area contributed by atoms with Gasteiger partial charge in [0, 0.05) is 17.6 Å². The Labute approximate surface area is 104 Å². The summed E-state index contributed by atoms with van der Waals surface area (Å²) in [4.78, 5) is 15.9. The highest BCUT2D eigenvalue weighted by atomic mass is 32.2. The maximum atomic E-state index is 11.5. The van der Waals surface area contributed by atoms with E-state index in [2.05, 4.69) is 4.98 Å². The van der Waals surface area contributed by atoms with Crippen LogP contribution in [0.1, 0.15) is 19.8 Å². The second-order valence-corrected chi connectivity index (χ2v) is 5.59. The molecular weight excluding hydrogens is 234 g/mol. The standard InChI is InChI=1S/C13H13NO2S/c1-8-10(15)6-7-12(8)17-13-14-9-4-2-3-5-11(9)16-13/h2-5,8,12H,6-7H2,1H3. The highest BCUT2D eigenvalue weighted by Gasteiger charge is 2.32. The molecule has 0 N–H and O–H groups in total. The van der Waals surface area contributed by atoms with Crippen LogP contribution in [0.3, 0.4) is 0 Å². The fourth-order valence-electron chi connectivity index (χ4n) is 2.16. The largest absolute Gasteiger partial charge is 0.431 e. The lowest BCUT2D eigenvalue weighted by atomic mass is 10.1. The summed E-state index contributed by atoms with van der Waals surface area (Å²) in [5, 5.41) is 0.994. The first-order chi connectivity index (χ1) is 8.24. The average molecular weight is 247 g/mol. The van der Waals surface area contributed by atoms with Gasteiger partial charge in [-0.1, -0.05) is 30.8 Å². The van der Waals surface area contributed by atoms with Gasteiger partial charge < -0.3 is 4.42 Å². The number of carbonyl (C=O) groups excluding carboxylic acids is 1. The van der Waals surface area contributed by atoms with E-state index in [9.17, 15) is 4.79 Å². The van der Waals surface area contributed by atoms with Crippen molar-refractivity contribution in [2.75, 3.05) is 0 Å². The normalized spacial score (nSPS) is 24.6. The summed E-state index contributed by atoms with van der Waals surface area (Å²) in [6, 6.07) is 7.73. The number of aromatic nitrogens is 1. The number of hydrogen-bond acceptors (Lipinski definition) is 4. The van der Waals surface area contributed by atoms with Gasteiger partial charge in [0.2, 0.25) is 0 Å². The van der Waals surface area contributed by atoms with E-state index in [-0.39, 0.29) is 5.92 Å². The number of carbonyl (C=O) groups is 1. The Morgan fingerprint density at radius 2 is 2.24 bits per heavy atom. The van der Waals surface area contributed by atoms with Crippen molar-refractivity contribution in [3.05, 3.63) is 24.3 Å². The number of hydrogen-bond donors (Lipinski definition) is 0. The molecule has 0 amide bonds. The highest BCUT2D eigenvalue weighted by molar-refractivity contribution is 7.99. The van der Waals surface area contributed by atoms with Gasteiger partial charge in [-0.3, -0.25) is 4.79 Å². The van der Waals surface area contributed by atoms with Crippen molar-refractivity contribution in [3.8, 4) is 0 Å². The van der Waals surface area contributed by atoms with Crippen molar-refractivity contribution in [2.24, 2.45) is 5.92 Å². The SMILES string of the molecule is CC1C(=O)CCC1Sc1nc2ccccc2o1. The van der Waals surface area contributed by atoms with Crippen LogP contribution in [0.25, 0.3) is 11.1 Å². The molecule has 3 nitrogen and oxygen atoms in total. The van der Waals surface area contributed by atoms with Gasteiger partial charge in [-0.15, -0.1) is 0 Å². The lowest BCUT2D eigenvalue weighted by Gasteiger charge is -2.09. The highest BCUT2D eigenvalue weighted by Crippen LogP contribution is 2.37. The van der Waals surface area contributed by atoms with Gasteiger partial charge in [0.25, 0.3) is 5.22 Å². The van der Waals surface area contributed by atoms with E-state index in [1.807, 2.05) is 31.2 Å². The number of Topliss-reactive ketones (excluding diaryl/α,β-unsaturated/α-hetero) is 1. The van der Waals surface area contributed by atoms with Crippen molar-refractivity contribution in [1.29, 1.82) is 0 Å². The van der Waals surface area contributed by atoms with Gasteiger partial charge in [-0.2, -0.15) is 0 Å². The molecule has 1 aliphatic carbocycles. The Bertz CT molecular complexity index is 530. The van der Waals surface area contributed by atoms with Crippen molar-refractivity contribution < 1.29 is 9.21 Å². The third-order valence-corrected chi connectivity index (χ3v) is 4.59. The predicted molar refractivity (Wildman–Crippen MR) is 67.1 cm³/mol. The monoisotopic (exact) mass is 247 g/mol. The van der Waals surface area contributed by atoms with Gasteiger partial charge in [0.05, 0.1) is 0 Å². The van der Waals surface area contributed by atoms with Crippen LogP contribution < -0.4 is 0 Å². The number of benzene rings is 1.